The van der Waals surface area contributed by atoms with Gasteiger partial charge in [0.25, 0.3) is 0 Å². The van der Waals surface area contributed by atoms with Gasteiger partial charge in [0.15, 0.2) is 11.0 Å². The molecule has 2 aromatic carbocycles. The summed E-state index contributed by atoms with van der Waals surface area (Å²) in [7, 11) is 0. The number of rotatable bonds is 6. The summed E-state index contributed by atoms with van der Waals surface area (Å²) in [5.41, 5.74) is 3.36. The molecular weight excluding hydrogens is 387 g/mol. The van der Waals surface area contributed by atoms with E-state index < -0.39 is 0 Å². The number of halogens is 1. The van der Waals surface area contributed by atoms with Crippen LogP contribution in [0.3, 0.4) is 0 Å². The van der Waals surface area contributed by atoms with Crippen LogP contribution in [0.1, 0.15) is 36.9 Å². The lowest BCUT2D eigenvalue weighted by atomic mass is 10.1. The second-order valence-corrected chi connectivity index (χ2v) is 8.76. The number of hydrogen-bond acceptors (Lipinski definition) is 4. The molecule has 4 rings (SSSR count). The number of amides is 1. The molecule has 150 valence electrons. The largest absolute Gasteiger partial charge is 0.325 e. The quantitative estimate of drug-likeness (QED) is 0.571. The molecule has 1 atom stereocenters. The number of carbonyl (C=O) groups is 1. The van der Waals surface area contributed by atoms with Crippen molar-refractivity contribution in [3.8, 4) is 11.4 Å². The van der Waals surface area contributed by atoms with Gasteiger partial charge in [0.1, 0.15) is 5.82 Å². The van der Waals surface area contributed by atoms with E-state index in [4.69, 9.17) is 0 Å². The van der Waals surface area contributed by atoms with Gasteiger partial charge in [-0.05, 0) is 62.9 Å². The monoisotopic (exact) mass is 410 g/mol. The van der Waals surface area contributed by atoms with Gasteiger partial charge < -0.3 is 5.32 Å². The first kappa shape index (κ1) is 19.6. The molecule has 0 aliphatic heterocycles. The minimum absolute atomic E-state index is 0.0958. The van der Waals surface area contributed by atoms with Crippen molar-refractivity contribution in [2.24, 2.45) is 0 Å². The molecule has 0 bridgehead atoms. The van der Waals surface area contributed by atoms with Crippen molar-refractivity contribution < 1.29 is 9.18 Å². The Morgan fingerprint density at radius 1 is 1.21 bits per heavy atom. The Balaban J connectivity index is 1.55. The summed E-state index contributed by atoms with van der Waals surface area (Å²) >= 11 is 1.35. The second-order valence-electron chi connectivity index (χ2n) is 7.45. The molecule has 7 heteroatoms. The van der Waals surface area contributed by atoms with Gasteiger partial charge in [-0.3, -0.25) is 9.36 Å². The zero-order valence-electron chi connectivity index (χ0n) is 16.6. The standard InChI is InChI=1S/C22H23FN4OS/c1-13-8-9-14(2)19(12-13)24-21(28)15(3)29-22-26-25-20(27(22)16-10-11-16)17-6-4-5-7-18(17)23/h4-9,12,15-16H,10-11H2,1-3H3,(H,24,28). The van der Waals surface area contributed by atoms with Crippen LogP contribution in [0.5, 0.6) is 0 Å². The SMILES string of the molecule is Cc1ccc(C)c(NC(=O)C(C)Sc2nnc(-c3ccccc3F)n2C2CC2)c1. The highest BCUT2D eigenvalue weighted by Gasteiger charge is 2.32. The summed E-state index contributed by atoms with van der Waals surface area (Å²) in [5, 5.41) is 11.8. The number of nitrogens with one attached hydrogen (secondary N) is 1. The first-order valence-corrected chi connectivity index (χ1v) is 10.6. The van der Waals surface area contributed by atoms with Crippen molar-refractivity contribution in [2.45, 2.75) is 50.1 Å². The smallest absolute Gasteiger partial charge is 0.237 e. The lowest BCUT2D eigenvalue weighted by molar-refractivity contribution is -0.115. The van der Waals surface area contributed by atoms with E-state index in [0.29, 0.717) is 16.5 Å². The van der Waals surface area contributed by atoms with Crippen molar-refractivity contribution in [3.63, 3.8) is 0 Å². The van der Waals surface area contributed by atoms with Gasteiger partial charge in [-0.1, -0.05) is 36.0 Å². The molecule has 3 aromatic rings. The maximum absolute atomic E-state index is 14.3. The molecule has 1 amide bonds. The van der Waals surface area contributed by atoms with E-state index in [-0.39, 0.29) is 23.0 Å². The third-order valence-electron chi connectivity index (χ3n) is 4.99. The summed E-state index contributed by atoms with van der Waals surface area (Å²) in [5.74, 6) is 0.107. The van der Waals surface area contributed by atoms with Crippen LogP contribution < -0.4 is 5.32 Å². The number of nitrogens with zero attached hydrogens (tertiary/aromatic N) is 3. The summed E-state index contributed by atoms with van der Waals surface area (Å²) in [4.78, 5) is 12.8. The molecule has 1 fully saturated rings. The Labute approximate surface area is 173 Å². The first-order chi connectivity index (χ1) is 13.9. The van der Waals surface area contributed by atoms with Crippen LogP contribution in [0.4, 0.5) is 10.1 Å². The highest BCUT2D eigenvalue weighted by Crippen LogP contribution is 2.42. The normalized spacial score (nSPS) is 14.6. The fraction of sp³-hybridized carbons (Fsp3) is 0.318. The predicted molar refractivity (Wildman–Crippen MR) is 114 cm³/mol. The van der Waals surface area contributed by atoms with Crippen LogP contribution in [-0.2, 0) is 4.79 Å². The highest BCUT2D eigenvalue weighted by molar-refractivity contribution is 8.00. The van der Waals surface area contributed by atoms with Crippen LogP contribution >= 0.6 is 11.8 Å². The maximum Gasteiger partial charge on any atom is 0.237 e. The highest BCUT2D eigenvalue weighted by atomic mass is 32.2. The van der Waals surface area contributed by atoms with Crippen LogP contribution in [0.25, 0.3) is 11.4 Å². The number of carbonyl (C=O) groups excluding carboxylic acids is 1. The fourth-order valence-electron chi connectivity index (χ4n) is 3.16. The van der Waals surface area contributed by atoms with E-state index in [1.54, 1.807) is 18.2 Å². The van der Waals surface area contributed by atoms with E-state index in [1.165, 1.54) is 17.8 Å². The molecule has 1 aromatic heterocycles. The van der Waals surface area contributed by atoms with E-state index in [1.807, 2.05) is 43.5 Å². The van der Waals surface area contributed by atoms with E-state index in [0.717, 1.165) is 29.7 Å². The van der Waals surface area contributed by atoms with Gasteiger partial charge in [0.05, 0.1) is 10.8 Å². The molecule has 1 heterocycles. The van der Waals surface area contributed by atoms with Crippen LogP contribution in [0.2, 0.25) is 0 Å². The van der Waals surface area contributed by atoms with Gasteiger partial charge in [0.2, 0.25) is 5.91 Å². The van der Waals surface area contributed by atoms with Gasteiger partial charge >= 0.3 is 0 Å². The molecule has 1 saturated carbocycles. The average Bonchev–Trinajstić information content (AvgIpc) is 3.45. The minimum atomic E-state index is -0.370. The van der Waals surface area contributed by atoms with E-state index in [2.05, 4.69) is 15.5 Å². The third kappa shape index (κ3) is 4.19. The number of aryl methyl sites for hydroxylation is 2. The third-order valence-corrected chi connectivity index (χ3v) is 6.05. The van der Waals surface area contributed by atoms with Gasteiger partial charge in [-0.25, -0.2) is 4.39 Å². The Morgan fingerprint density at radius 2 is 1.97 bits per heavy atom. The molecule has 1 unspecified atom stereocenters. The molecule has 0 spiro atoms. The summed E-state index contributed by atoms with van der Waals surface area (Å²) < 4.78 is 16.3. The van der Waals surface area contributed by atoms with Gasteiger partial charge in [-0.15, -0.1) is 10.2 Å². The maximum atomic E-state index is 14.3. The average molecular weight is 411 g/mol. The summed E-state index contributed by atoms with van der Waals surface area (Å²) in [6.07, 6.45) is 2.02. The van der Waals surface area contributed by atoms with Crippen molar-refractivity contribution in [1.29, 1.82) is 0 Å². The number of aromatic nitrogens is 3. The molecule has 0 radical (unpaired) electrons. The zero-order chi connectivity index (χ0) is 20.5. The molecule has 1 N–H and O–H groups in total. The lowest BCUT2D eigenvalue weighted by Gasteiger charge is -2.15. The van der Waals surface area contributed by atoms with Gasteiger partial charge in [-0.2, -0.15) is 0 Å². The van der Waals surface area contributed by atoms with Gasteiger partial charge in [0, 0.05) is 11.7 Å². The predicted octanol–water partition coefficient (Wildman–Crippen LogP) is 5.16. The molecule has 5 nitrogen and oxygen atoms in total. The topological polar surface area (TPSA) is 59.8 Å². The fourth-order valence-corrected chi connectivity index (χ4v) is 4.08. The number of benzene rings is 2. The van der Waals surface area contributed by atoms with Crippen LogP contribution in [-0.4, -0.2) is 25.9 Å². The molecule has 1 aliphatic rings. The van der Waals surface area contributed by atoms with Crippen molar-refractivity contribution in [3.05, 3.63) is 59.4 Å². The Kier molecular flexibility index (Phi) is 5.41. The summed E-state index contributed by atoms with van der Waals surface area (Å²) in [6, 6.07) is 12.8. The Bertz CT molecular complexity index is 1060. The Hall–Kier alpha value is -2.67. The molecule has 1 aliphatic carbocycles. The first-order valence-electron chi connectivity index (χ1n) is 9.68. The van der Waals surface area contributed by atoms with E-state index in [9.17, 15) is 9.18 Å². The minimum Gasteiger partial charge on any atom is -0.325 e. The summed E-state index contributed by atoms with van der Waals surface area (Å²) in [6.45, 7) is 5.81. The Morgan fingerprint density at radius 3 is 2.69 bits per heavy atom. The van der Waals surface area contributed by atoms with Crippen molar-refractivity contribution in [2.75, 3.05) is 5.32 Å². The second kappa shape index (κ2) is 7.99. The van der Waals surface area contributed by atoms with E-state index >= 15 is 0 Å². The molecule has 29 heavy (non-hydrogen) atoms. The van der Waals surface area contributed by atoms with Crippen molar-refractivity contribution in [1.82, 2.24) is 14.8 Å². The lowest BCUT2D eigenvalue weighted by Crippen LogP contribution is -2.23. The molecular formula is C22H23FN4OS. The number of anilines is 1. The van der Waals surface area contributed by atoms with Crippen LogP contribution in [0, 0.1) is 19.7 Å². The van der Waals surface area contributed by atoms with Crippen LogP contribution in [0.15, 0.2) is 47.6 Å². The number of hydrogen-bond donors (Lipinski definition) is 1. The zero-order valence-corrected chi connectivity index (χ0v) is 17.5. The number of thioether (sulfide) groups is 1. The molecule has 0 saturated heterocycles. The van der Waals surface area contributed by atoms with Crippen molar-refractivity contribution >= 4 is 23.4 Å².